The topological polar surface area (TPSA) is 111 Å². The standard InChI is InChI=1S/C12H15ClN2O5/c1-19-9-3-6(13)8(5-10(9)20-2)15-12(18)7(14)4-11(16)17/h3,5,7H,4,14H2,1-2H3,(H,15,18)(H,16,17). The summed E-state index contributed by atoms with van der Waals surface area (Å²) in [6.45, 7) is 0. The predicted octanol–water partition coefficient (Wildman–Crippen LogP) is 1.10. The average molecular weight is 303 g/mol. The summed E-state index contributed by atoms with van der Waals surface area (Å²) in [7, 11) is 2.89. The van der Waals surface area contributed by atoms with Crippen LogP contribution in [-0.2, 0) is 9.59 Å². The van der Waals surface area contributed by atoms with E-state index in [0.29, 0.717) is 11.5 Å². The lowest BCUT2D eigenvalue weighted by molar-refractivity contribution is -0.138. The van der Waals surface area contributed by atoms with E-state index in [2.05, 4.69) is 5.32 Å². The van der Waals surface area contributed by atoms with Crippen molar-refractivity contribution in [2.45, 2.75) is 12.5 Å². The zero-order valence-corrected chi connectivity index (χ0v) is 11.7. The van der Waals surface area contributed by atoms with Crippen molar-refractivity contribution in [3.8, 4) is 11.5 Å². The zero-order chi connectivity index (χ0) is 15.3. The van der Waals surface area contributed by atoms with E-state index in [1.807, 2.05) is 0 Å². The van der Waals surface area contributed by atoms with Crippen molar-refractivity contribution >= 4 is 29.2 Å². The molecule has 0 saturated heterocycles. The van der Waals surface area contributed by atoms with E-state index in [-0.39, 0.29) is 10.7 Å². The molecule has 0 saturated carbocycles. The van der Waals surface area contributed by atoms with Gasteiger partial charge in [-0.1, -0.05) is 11.6 Å². The van der Waals surface area contributed by atoms with Gasteiger partial charge in [0.2, 0.25) is 5.91 Å². The number of halogens is 1. The zero-order valence-electron chi connectivity index (χ0n) is 11.0. The second-order valence-corrected chi connectivity index (χ2v) is 4.29. The summed E-state index contributed by atoms with van der Waals surface area (Å²) >= 11 is 5.98. The highest BCUT2D eigenvalue weighted by atomic mass is 35.5. The first kappa shape index (κ1) is 16.1. The van der Waals surface area contributed by atoms with Crippen LogP contribution in [0.1, 0.15) is 6.42 Å². The number of carbonyl (C=O) groups excluding carboxylic acids is 1. The van der Waals surface area contributed by atoms with E-state index in [0.717, 1.165) is 0 Å². The predicted molar refractivity (Wildman–Crippen MR) is 73.4 cm³/mol. The van der Waals surface area contributed by atoms with Gasteiger partial charge in [0.25, 0.3) is 0 Å². The van der Waals surface area contributed by atoms with Crippen LogP contribution in [0.4, 0.5) is 5.69 Å². The lowest BCUT2D eigenvalue weighted by atomic mass is 10.2. The number of nitrogens with two attached hydrogens (primary N) is 1. The molecular weight excluding hydrogens is 288 g/mol. The number of nitrogens with one attached hydrogen (secondary N) is 1. The SMILES string of the molecule is COc1cc(Cl)c(NC(=O)C(N)CC(=O)O)cc1OC. The highest BCUT2D eigenvalue weighted by Gasteiger charge is 2.19. The van der Waals surface area contributed by atoms with Gasteiger partial charge >= 0.3 is 5.97 Å². The van der Waals surface area contributed by atoms with Crippen LogP contribution in [0, 0.1) is 0 Å². The molecule has 0 bridgehead atoms. The number of carbonyl (C=O) groups is 2. The lowest BCUT2D eigenvalue weighted by Gasteiger charge is -2.14. The largest absolute Gasteiger partial charge is 0.493 e. The summed E-state index contributed by atoms with van der Waals surface area (Å²) in [6, 6.07) is 1.77. The monoisotopic (exact) mass is 302 g/mol. The van der Waals surface area contributed by atoms with Gasteiger partial charge in [-0.3, -0.25) is 9.59 Å². The second-order valence-electron chi connectivity index (χ2n) is 3.88. The molecule has 20 heavy (non-hydrogen) atoms. The van der Waals surface area contributed by atoms with Gasteiger partial charge in [-0.15, -0.1) is 0 Å². The Morgan fingerprint density at radius 3 is 2.40 bits per heavy atom. The summed E-state index contributed by atoms with van der Waals surface area (Å²) < 4.78 is 10.1. The molecule has 0 spiro atoms. The average Bonchev–Trinajstić information content (AvgIpc) is 2.39. The van der Waals surface area contributed by atoms with Crippen molar-refractivity contribution < 1.29 is 24.2 Å². The molecule has 0 aromatic heterocycles. The molecule has 1 amide bonds. The molecule has 110 valence electrons. The number of carboxylic acids is 1. The molecule has 1 atom stereocenters. The Kier molecular flexibility index (Phi) is 5.60. The van der Waals surface area contributed by atoms with Crippen molar-refractivity contribution in [3.05, 3.63) is 17.2 Å². The van der Waals surface area contributed by atoms with Crippen LogP contribution in [0.2, 0.25) is 5.02 Å². The molecule has 1 aromatic carbocycles. The summed E-state index contributed by atoms with van der Waals surface area (Å²) in [5.41, 5.74) is 5.71. The van der Waals surface area contributed by atoms with E-state index in [1.165, 1.54) is 26.4 Å². The Bertz CT molecular complexity index is 521. The van der Waals surface area contributed by atoms with Gasteiger partial charge in [0.1, 0.15) is 0 Å². The maximum absolute atomic E-state index is 11.7. The van der Waals surface area contributed by atoms with Gasteiger partial charge in [-0.05, 0) is 0 Å². The fourth-order valence-electron chi connectivity index (χ4n) is 1.46. The van der Waals surface area contributed by atoms with Crippen molar-refractivity contribution in [1.82, 2.24) is 0 Å². The van der Waals surface area contributed by atoms with Gasteiger partial charge in [0, 0.05) is 12.1 Å². The first-order chi connectivity index (χ1) is 9.38. The Labute approximate surface area is 120 Å². The molecule has 8 heteroatoms. The van der Waals surface area contributed by atoms with Crippen LogP contribution in [0.5, 0.6) is 11.5 Å². The Hall–Kier alpha value is -1.99. The van der Waals surface area contributed by atoms with E-state index < -0.39 is 24.3 Å². The molecule has 0 radical (unpaired) electrons. The summed E-state index contributed by atoms with van der Waals surface area (Å²) in [6.07, 6.45) is -0.475. The van der Waals surface area contributed by atoms with Gasteiger partial charge in [0.15, 0.2) is 11.5 Å². The van der Waals surface area contributed by atoms with E-state index in [4.69, 9.17) is 31.9 Å². The molecule has 1 rings (SSSR count). The second kappa shape index (κ2) is 6.97. The van der Waals surface area contributed by atoms with Crippen molar-refractivity contribution in [2.24, 2.45) is 5.73 Å². The van der Waals surface area contributed by atoms with E-state index in [1.54, 1.807) is 0 Å². The molecule has 0 fully saturated rings. The summed E-state index contributed by atoms with van der Waals surface area (Å²) in [4.78, 5) is 22.2. The molecule has 0 aliphatic carbocycles. The third-order valence-electron chi connectivity index (χ3n) is 2.46. The van der Waals surface area contributed by atoms with Crippen molar-refractivity contribution in [2.75, 3.05) is 19.5 Å². The van der Waals surface area contributed by atoms with Crippen LogP contribution in [-0.4, -0.2) is 37.2 Å². The van der Waals surface area contributed by atoms with Crippen LogP contribution in [0.25, 0.3) is 0 Å². The van der Waals surface area contributed by atoms with Gasteiger partial charge < -0.3 is 25.6 Å². The molecule has 0 aliphatic rings. The first-order valence-electron chi connectivity index (χ1n) is 5.58. The number of aliphatic carboxylic acids is 1. The Balaban J connectivity index is 2.92. The molecule has 1 aromatic rings. The minimum absolute atomic E-state index is 0.221. The Morgan fingerprint density at radius 1 is 1.35 bits per heavy atom. The van der Waals surface area contributed by atoms with Crippen LogP contribution in [0.3, 0.4) is 0 Å². The highest BCUT2D eigenvalue weighted by molar-refractivity contribution is 6.34. The number of hydrogen-bond donors (Lipinski definition) is 3. The maximum Gasteiger partial charge on any atom is 0.305 e. The molecule has 0 heterocycles. The number of carboxylic acid groups (broad SMARTS) is 1. The van der Waals surface area contributed by atoms with Crippen LogP contribution in [0.15, 0.2) is 12.1 Å². The third-order valence-corrected chi connectivity index (χ3v) is 2.78. The number of benzene rings is 1. The smallest absolute Gasteiger partial charge is 0.305 e. The summed E-state index contributed by atoms with van der Waals surface area (Å²) in [5, 5.41) is 11.2. The van der Waals surface area contributed by atoms with Crippen LogP contribution < -0.4 is 20.5 Å². The molecule has 0 aliphatic heterocycles. The Morgan fingerprint density at radius 2 is 1.90 bits per heavy atom. The highest BCUT2D eigenvalue weighted by Crippen LogP contribution is 2.36. The van der Waals surface area contributed by atoms with Crippen LogP contribution >= 0.6 is 11.6 Å². The lowest BCUT2D eigenvalue weighted by Crippen LogP contribution is -2.37. The number of anilines is 1. The summed E-state index contributed by atoms with van der Waals surface area (Å²) in [5.74, 6) is -1.03. The number of hydrogen-bond acceptors (Lipinski definition) is 5. The van der Waals surface area contributed by atoms with E-state index in [9.17, 15) is 9.59 Å². The number of amides is 1. The number of ether oxygens (including phenoxy) is 2. The molecule has 1 unspecified atom stereocenters. The minimum atomic E-state index is -1.17. The molecule has 4 N–H and O–H groups in total. The quantitative estimate of drug-likeness (QED) is 0.725. The van der Waals surface area contributed by atoms with Gasteiger partial charge in [-0.2, -0.15) is 0 Å². The minimum Gasteiger partial charge on any atom is -0.493 e. The number of methoxy groups -OCH3 is 2. The van der Waals surface area contributed by atoms with E-state index >= 15 is 0 Å². The van der Waals surface area contributed by atoms with Gasteiger partial charge in [-0.25, -0.2) is 0 Å². The normalized spacial score (nSPS) is 11.6. The van der Waals surface area contributed by atoms with Crippen molar-refractivity contribution in [1.29, 1.82) is 0 Å². The third kappa shape index (κ3) is 4.01. The maximum atomic E-state index is 11.7. The van der Waals surface area contributed by atoms with Gasteiger partial charge in [0.05, 0.1) is 37.4 Å². The number of rotatable bonds is 6. The van der Waals surface area contributed by atoms with Crippen molar-refractivity contribution in [3.63, 3.8) is 0 Å². The first-order valence-corrected chi connectivity index (χ1v) is 5.96. The fourth-order valence-corrected chi connectivity index (χ4v) is 1.66. The molecular formula is C12H15ClN2O5. The fraction of sp³-hybridized carbons (Fsp3) is 0.333. The molecule has 7 nitrogen and oxygen atoms in total.